The lowest BCUT2D eigenvalue weighted by atomic mass is 9.92. The van der Waals surface area contributed by atoms with E-state index in [0.717, 1.165) is 5.56 Å². The summed E-state index contributed by atoms with van der Waals surface area (Å²) in [4.78, 5) is 16.4. The molecule has 0 spiro atoms. The van der Waals surface area contributed by atoms with Crippen LogP contribution in [0.4, 0.5) is 8.78 Å². The number of aryl methyl sites for hydroxylation is 1. The Balaban J connectivity index is 1.63. The molecule has 0 aliphatic heterocycles. The monoisotopic (exact) mass is 326 g/mol. The van der Waals surface area contributed by atoms with E-state index in [1.165, 1.54) is 11.3 Å². The molecule has 1 aliphatic rings. The molecule has 0 radical (unpaired) electrons. The van der Waals surface area contributed by atoms with Gasteiger partial charge in [-0.15, -0.1) is 11.3 Å². The maximum atomic E-state index is 13.1. The van der Waals surface area contributed by atoms with Gasteiger partial charge in [0.2, 0.25) is 5.92 Å². The van der Waals surface area contributed by atoms with Crippen LogP contribution in [0.5, 0.6) is 0 Å². The lowest BCUT2D eigenvalue weighted by molar-refractivity contribution is -0.0399. The lowest BCUT2D eigenvalue weighted by Gasteiger charge is -2.28. The fourth-order valence-electron chi connectivity index (χ4n) is 2.49. The Morgan fingerprint density at radius 3 is 2.82 bits per heavy atom. The zero-order valence-corrected chi connectivity index (χ0v) is 12.9. The molecule has 2 heterocycles. The molecule has 1 saturated carbocycles. The summed E-state index contributed by atoms with van der Waals surface area (Å²) in [6.07, 6.45) is 3.77. The van der Waals surface area contributed by atoms with Crippen molar-refractivity contribution in [3.8, 4) is 10.6 Å². The van der Waals surface area contributed by atoms with E-state index in [-0.39, 0.29) is 24.8 Å². The van der Waals surface area contributed by atoms with Crippen LogP contribution in [-0.4, -0.2) is 32.6 Å². The maximum absolute atomic E-state index is 13.1. The highest BCUT2D eigenvalue weighted by Crippen LogP contribution is 2.33. The number of hydrogen-bond acceptors (Lipinski definition) is 4. The van der Waals surface area contributed by atoms with Gasteiger partial charge in [0, 0.05) is 43.1 Å². The minimum Gasteiger partial charge on any atom is -0.348 e. The van der Waals surface area contributed by atoms with Gasteiger partial charge < -0.3 is 5.32 Å². The SMILES string of the molecule is Cn1cc(-c2nc(C(=O)NC3CCC(F)(F)CC3)cs2)cn1. The number of hydrogen-bond donors (Lipinski definition) is 1. The molecule has 1 amide bonds. The van der Waals surface area contributed by atoms with Crippen LogP contribution >= 0.6 is 11.3 Å². The normalized spacial score (nSPS) is 18.3. The van der Waals surface area contributed by atoms with Crippen LogP contribution in [0.25, 0.3) is 10.6 Å². The number of carbonyl (C=O) groups excluding carboxylic acids is 1. The topological polar surface area (TPSA) is 59.8 Å². The Hall–Kier alpha value is -1.83. The smallest absolute Gasteiger partial charge is 0.270 e. The second kappa shape index (κ2) is 5.75. The summed E-state index contributed by atoms with van der Waals surface area (Å²) >= 11 is 1.36. The lowest BCUT2D eigenvalue weighted by Crippen LogP contribution is -2.40. The van der Waals surface area contributed by atoms with E-state index >= 15 is 0 Å². The van der Waals surface area contributed by atoms with Crippen LogP contribution in [0, 0.1) is 0 Å². The molecular formula is C14H16F2N4OS. The molecule has 0 bridgehead atoms. The third kappa shape index (κ3) is 3.32. The number of carbonyl (C=O) groups is 1. The summed E-state index contributed by atoms with van der Waals surface area (Å²) in [7, 11) is 1.81. The molecule has 2 aromatic rings. The fraction of sp³-hybridized carbons (Fsp3) is 0.500. The Morgan fingerprint density at radius 2 is 2.18 bits per heavy atom. The first kappa shape index (κ1) is 15.1. The van der Waals surface area contributed by atoms with Crippen molar-refractivity contribution in [3.05, 3.63) is 23.5 Å². The number of amides is 1. The molecule has 1 N–H and O–H groups in total. The molecule has 0 atom stereocenters. The van der Waals surface area contributed by atoms with Crippen LogP contribution in [-0.2, 0) is 7.05 Å². The molecule has 1 fully saturated rings. The minimum absolute atomic E-state index is 0.171. The quantitative estimate of drug-likeness (QED) is 0.943. The van der Waals surface area contributed by atoms with Crippen molar-refractivity contribution in [1.29, 1.82) is 0 Å². The molecular weight excluding hydrogens is 310 g/mol. The molecule has 22 heavy (non-hydrogen) atoms. The van der Waals surface area contributed by atoms with Gasteiger partial charge in [0.1, 0.15) is 10.7 Å². The predicted molar refractivity (Wildman–Crippen MR) is 79.0 cm³/mol. The zero-order valence-electron chi connectivity index (χ0n) is 12.1. The van der Waals surface area contributed by atoms with Crippen molar-refractivity contribution >= 4 is 17.2 Å². The van der Waals surface area contributed by atoms with Gasteiger partial charge in [-0.2, -0.15) is 5.10 Å². The number of thiazole rings is 1. The second-order valence-corrected chi connectivity index (χ2v) is 6.40. The second-order valence-electron chi connectivity index (χ2n) is 5.54. The Morgan fingerprint density at radius 1 is 1.45 bits per heavy atom. The number of halogens is 2. The summed E-state index contributed by atoms with van der Waals surface area (Å²) in [6.45, 7) is 0. The van der Waals surface area contributed by atoms with Crippen LogP contribution in [0.2, 0.25) is 0 Å². The average Bonchev–Trinajstić information content (AvgIpc) is 3.09. The van der Waals surface area contributed by atoms with Gasteiger partial charge in [-0.3, -0.25) is 9.48 Å². The highest BCUT2D eigenvalue weighted by Gasteiger charge is 2.35. The molecule has 0 aromatic carbocycles. The molecule has 0 saturated heterocycles. The number of nitrogens with zero attached hydrogens (tertiary/aromatic N) is 3. The summed E-state index contributed by atoms with van der Waals surface area (Å²) < 4.78 is 27.9. The Bertz CT molecular complexity index is 672. The first-order valence-electron chi connectivity index (χ1n) is 7.06. The number of aromatic nitrogens is 3. The van der Waals surface area contributed by atoms with E-state index in [2.05, 4.69) is 15.4 Å². The van der Waals surface area contributed by atoms with Crippen molar-refractivity contribution in [1.82, 2.24) is 20.1 Å². The standard InChI is InChI=1S/C14H16F2N4OS/c1-20-7-9(6-17-20)13-19-11(8-22-13)12(21)18-10-2-4-14(15,16)5-3-10/h6-8,10H,2-5H2,1H3,(H,18,21). The van der Waals surface area contributed by atoms with Gasteiger partial charge >= 0.3 is 0 Å². The van der Waals surface area contributed by atoms with E-state index in [1.54, 1.807) is 16.3 Å². The molecule has 5 nitrogen and oxygen atoms in total. The molecule has 118 valence electrons. The summed E-state index contributed by atoms with van der Waals surface area (Å²) in [6, 6.07) is -0.198. The Kier molecular flexibility index (Phi) is 3.94. The third-order valence-corrected chi connectivity index (χ3v) is 4.63. The van der Waals surface area contributed by atoms with Crippen LogP contribution < -0.4 is 5.32 Å². The summed E-state index contributed by atoms with van der Waals surface area (Å²) in [5.74, 6) is -2.89. The zero-order chi connectivity index (χ0) is 15.7. The summed E-state index contributed by atoms with van der Waals surface area (Å²) in [5, 5.41) is 9.25. The van der Waals surface area contributed by atoms with Crippen LogP contribution in [0.15, 0.2) is 17.8 Å². The van der Waals surface area contributed by atoms with E-state index < -0.39 is 5.92 Å². The molecule has 8 heteroatoms. The van der Waals surface area contributed by atoms with Crippen LogP contribution in [0.1, 0.15) is 36.2 Å². The van der Waals surface area contributed by atoms with Gasteiger partial charge in [0.15, 0.2) is 0 Å². The minimum atomic E-state index is -2.59. The van der Waals surface area contributed by atoms with Gasteiger partial charge in [0.05, 0.1) is 6.20 Å². The molecule has 1 aliphatic carbocycles. The van der Waals surface area contributed by atoms with Crippen LogP contribution in [0.3, 0.4) is 0 Å². The van der Waals surface area contributed by atoms with Crippen molar-refractivity contribution in [2.45, 2.75) is 37.6 Å². The predicted octanol–water partition coefficient (Wildman–Crippen LogP) is 2.85. The first-order chi connectivity index (χ1) is 10.4. The van der Waals surface area contributed by atoms with E-state index in [4.69, 9.17) is 0 Å². The first-order valence-corrected chi connectivity index (χ1v) is 7.94. The largest absolute Gasteiger partial charge is 0.348 e. The van der Waals surface area contributed by atoms with E-state index in [9.17, 15) is 13.6 Å². The van der Waals surface area contributed by atoms with Gasteiger partial charge in [-0.1, -0.05) is 0 Å². The fourth-order valence-corrected chi connectivity index (χ4v) is 3.26. The molecule has 3 rings (SSSR count). The molecule has 2 aromatic heterocycles. The molecule has 0 unspecified atom stereocenters. The number of nitrogens with one attached hydrogen (secondary N) is 1. The average molecular weight is 326 g/mol. The van der Waals surface area contributed by atoms with Crippen molar-refractivity contribution in [2.24, 2.45) is 7.05 Å². The number of rotatable bonds is 3. The van der Waals surface area contributed by atoms with Crippen molar-refractivity contribution in [3.63, 3.8) is 0 Å². The van der Waals surface area contributed by atoms with E-state index in [0.29, 0.717) is 23.5 Å². The van der Waals surface area contributed by atoms with Gasteiger partial charge in [-0.25, -0.2) is 13.8 Å². The van der Waals surface area contributed by atoms with E-state index in [1.807, 2.05) is 13.2 Å². The van der Waals surface area contributed by atoms with Crippen molar-refractivity contribution in [2.75, 3.05) is 0 Å². The Labute approximate surface area is 130 Å². The maximum Gasteiger partial charge on any atom is 0.270 e. The van der Waals surface area contributed by atoms with Gasteiger partial charge in [0.25, 0.3) is 5.91 Å². The summed E-state index contributed by atoms with van der Waals surface area (Å²) in [5.41, 5.74) is 1.17. The van der Waals surface area contributed by atoms with Gasteiger partial charge in [-0.05, 0) is 12.8 Å². The highest BCUT2D eigenvalue weighted by molar-refractivity contribution is 7.13. The van der Waals surface area contributed by atoms with Crippen molar-refractivity contribution < 1.29 is 13.6 Å². The third-order valence-electron chi connectivity index (χ3n) is 3.74. The highest BCUT2D eigenvalue weighted by atomic mass is 32.1. The number of alkyl halides is 2.